The van der Waals surface area contributed by atoms with E-state index in [-0.39, 0.29) is 12.3 Å². The number of anilines is 1. The van der Waals surface area contributed by atoms with Crippen molar-refractivity contribution in [2.24, 2.45) is 5.73 Å². The largest absolute Gasteiger partial charge is 0.480 e. The van der Waals surface area contributed by atoms with E-state index < -0.39 is 29.5 Å². The lowest BCUT2D eigenvalue weighted by molar-refractivity contribution is -0.146. The summed E-state index contributed by atoms with van der Waals surface area (Å²) in [5.41, 5.74) is 8.18. The molecule has 8 nitrogen and oxygen atoms in total. The number of nitrogens with one attached hydrogen (secondary N) is 2. The Balaban J connectivity index is 1.61. The number of nitrogens with two attached hydrogens (primary N) is 1. The number of nitrogens with zero attached hydrogens (tertiary/aromatic N) is 1. The molecule has 3 unspecified atom stereocenters. The van der Waals surface area contributed by atoms with E-state index in [1.54, 1.807) is 0 Å². The minimum absolute atomic E-state index is 0.0321. The molecule has 0 bridgehead atoms. The number of carboxylic acid groups (broad SMARTS) is 1. The lowest BCUT2D eigenvalue weighted by atomic mass is 9.75. The number of aliphatic carboxylic acids is 1. The fraction of sp³-hybridized carbons (Fsp3) is 0.480. The fourth-order valence-electron chi connectivity index (χ4n) is 6.21. The second-order valence-electron chi connectivity index (χ2n) is 9.60. The third-order valence-corrected chi connectivity index (χ3v) is 8.15. The van der Waals surface area contributed by atoms with Crippen molar-refractivity contribution in [1.82, 2.24) is 10.2 Å². The first kappa shape index (κ1) is 23.3. The molecule has 1 fully saturated rings. The predicted octanol–water partition coefficient (Wildman–Crippen LogP) is 2.79. The highest BCUT2D eigenvalue weighted by molar-refractivity contribution is 9.10. The van der Waals surface area contributed by atoms with Crippen molar-refractivity contribution in [3.8, 4) is 0 Å². The summed E-state index contributed by atoms with van der Waals surface area (Å²) in [4.78, 5) is 40.1. The van der Waals surface area contributed by atoms with E-state index in [2.05, 4.69) is 31.5 Å². The Labute approximate surface area is 206 Å². The van der Waals surface area contributed by atoms with Crippen molar-refractivity contribution in [1.29, 1.82) is 0 Å². The molecular formula is C25H29BrN4O4. The van der Waals surface area contributed by atoms with E-state index in [1.807, 2.05) is 24.3 Å². The van der Waals surface area contributed by atoms with Crippen LogP contribution >= 0.6 is 15.9 Å². The topological polar surface area (TPSA) is 125 Å². The van der Waals surface area contributed by atoms with Crippen molar-refractivity contribution in [3.05, 3.63) is 45.5 Å². The Morgan fingerprint density at radius 2 is 1.97 bits per heavy atom. The first-order valence-corrected chi connectivity index (χ1v) is 12.7. The van der Waals surface area contributed by atoms with Gasteiger partial charge in [0.2, 0.25) is 5.91 Å². The zero-order chi connectivity index (χ0) is 24.0. The van der Waals surface area contributed by atoms with Crippen LogP contribution in [0.3, 0.4) is 0 Å². The number of fused-ring (bicyclic) bond motifs is 1. The van der Waals surface area contributed by atoms with Crippen molar-refractivity contribution >= 4 is 45.0 Å². The van der Waals surface area contributed by atoms with Gasteiger partial charge in [-0.05, 0) is 87.0 Å². The minimum atomic E-state index is -1.41. The maximum Gasteiger partial charge on any atom is 0.329 e. The van der Waals surface area contributed by atoms with Crippen LogP contribution < -0.4 is 16.4 Å². The van der Waals surface area contributed by atoms with Crippen molar-refractivity contribution in [3.63, 3.8) is 0 Å². The zero-order valence-electron chi connectivity index (χ0n) is 18.9. The van der Waals surface area contributed by atoms with E-state index in [0.29, 0.717) is 12.0 Å². The maximum absolute atomic E-state index is 13.1. The fourth-order valence-corrected chi connectivity index (χ4v) is 6.57. The van der Waals surface area contributed by atoms with E-state index in [0.717, 1.165) is 72.1 Å². The van der Waals surface area contributed by atoms with Crippen LogP contribution in [0, 0.1) is 0 Å². The van der Waals surface area contributed by atoms with Gasteiger partial charge in [0.1, 0.15) is 0 Å². The summed E-state index contributed by atoms with van der Waals surface area (Å²) in [5.74, 6) is -1.69. The molecule has 0 spiro atoms. The number of hydrogen-bond acceptors (Lipinski definition) is 5. The summed E-state index contributed by atoms with van der Waals surface area (Å²) in [6.45, 7) is 1.49. The summed E-state index contributed by atoms with van der Waals surface area (Å²) in [6.07, 6.45) is 7.06. The van der Waals surface area contributed by atoms with Gasteiger partial charge in [0.15, 0.2) is 5.54 Å². The number of halogens is 1. The van der Waals surface area contributed by atoms with Crippen LogP contribution in [0.15, 0.2) is 39.9 Å². The molecular weight excluding hydrogens is 500 g/mol. The normalized spacial score (nSPS) is 28.7. The first-order chi connectivity index (χ1) is 16.3. The predicted molar refractivity (Wildman–Crippen MR) is 132 cm³/mol. The Bertz CT molecular complexity index is 1120. The summed E-state index contributed by atoms with van der Waals surface area (Å²) in [7, 11) is 0. The number of carbonyl (C=O) groups excluding carboxylic acids is 2. The molecule has 3 heterocycles. The van der Waals surface area contributed by atoms with Gasteiger partial charge in [-0.1, -0.05) is 15.9 Å². The van der Waals surface area contributed by atoms with Gasteiger partial charge in [-0.2, -0.15) is 0 Å². The second-order valence-corrected chi connectivity index (χ2v) is 10.5. The van der Waals surface area contributed by atoms with Crippen LogP contribution in [-0.2, 0) is 14.4 Å². The van der Waals surface area contributed by atoms with Crippen LogP contribution in [0.2, 0.25) is 0 Å². The molecule has 0 aromatic heterocycles. The summed E-state index contributed by atoms with van der Waals surface area (Å²) in [6, 6.07) is 4.64. The number of benzene rings is 1. The molecule has 180 valence electrons. The molecule has 34 heavy (non-hydrogen) atoms. The minimum Gasteiger partial charge on any atom is -0.480 e. The molecule has 1 aromatic carbocycles. The van der Waals surface area contributed by atoms with Crippen LogP contribution in [0.1, 0.15) is 50.5 Å². The highest BCUT2D eigenvalue weighted by Gasteiger charge is 2.57. The van der Waals surface area contributed by atoms with Crippen molar-refractivity contribution in [2.75, 3.05) is 18.4 Å². The lowest BCUT2D eigenvalue weighted by Crippen LogP contribution is -2.65. The number of rotatable bonds is 6. The van der Waals surface area contributed by atoms with Gasteiger partial charge in [0, 0.05) is 33.8 Å². The second kappa shape index (κ2) is 8.94. The zero-order valence-corrected chi connectivity index (χ0v) is 20.5. The standard InChI is InChI=1S/C25H29BrN4O4/c26-14-7-8-19-16(11-14)17(23(32)28-19)12-20-15-5-1-2-6-18(15)25(29-20,24(33)34)21(13-22(27)31)30-9-3-4-10-30/h7-8,11-12,20-21,29H,1-6,9-10,13H2,(H2,27,31)(H,28,32)(H,33,34). The van der Waals surface area contributed by atoms with Gasteiger partial charge in [0.05, 0.1) is 6.04 Å². The third-order valence-electron chi connectivity index (χ3n) is 7.66. The molecule has 1 aliphatic carbocycles. The SMILES string of the molecule is NC(=O)CC(N1CCCC1)C1(C(=O)O)NC(C=C2C(=O)Nc3ccc(Br)cc32)C2=C1CCCC2. The Morgan fingerprint density at radius 1 is 1.24 bits per heavy atom. The van der Waals surface area contributed by atoms with Gasteiger partial charge < -0.3 is 16.2 Å². The van der Waals surface area contributed by atoms with E-state index in [9.17, 15) is 19.5 Å². The summed E-state index contributed by atoms with van der Waals surface area (Å²) < 4.78 is 0.862. The van der Waals surface area contributed by atoms with Gasteiger partial charge >= 0.3 is 5.97 Å². The molecule has 0 saturated carbocycles. The highest BCUT2D eigenvalue weighted by atomic mass is 79.9. The Hall–Kier alpha value is -2.49. The van der Waals surface area contributed by atoms with Crippen molar-refractivity contribution < 1.29 is 19.5 Å². The lowest BCUT2D eigenvalue weighted by Gasteiger charge is -2.42. The number of primary amides is 1. The quantitative estimate of drug-likeness (QED) is 0.332. The van der Waals surface area contributed by atoms with E-state index in [4.69, 9.17) is 5.73 Å². The molecule has 3 atom stereocenters. The van der Waals surface area contributed by atoms with E-state index in [1.165, 1.54) is 0 Å². The molecule has 1 saturated heterocycles. The maximum atomic E-state index is 13.1. The van der Waals surface area contributed by atoms with Gasteiger partial charge in [-0.15, -0.1) is 0 Å². The average molecular weight is 529 g/mol. The van der Waals surface area contributed by atoms with Crippen LogP contribution in [0.5, 0.6) is 0 Å². The number of carbonyl (C=O) groups is 3. The van der Waals surface area contributed by atoms with E-state index >= 15 is 0 Å². The average Bonchev–Trinajstić information content (AvgIpc) is 3.51. The van der Waals surface area contributed by atoms with Crippen LogP contribution in [0.4, 0.5) is 5.69 Å². The number of carboxylic acids is 1. The van der Waals surface area contributed by atoms with Crippen molar-refractivity contribution in [2.45, 2.75) is 62.6 Å². The molecule has 1 aromatic rings. The van der Waals surface area contributed by atoms with Gasteiger partial charge in [-0.3, -0.25) is 19.8 Å². The van der Waals surface area contributed by atoms with Gasteiger partial charge in [0.25, 0.3) is 5.91 Å². The summed E-state index contributed by atoms with van der Waals surface area (Å²) >= 11 is 3.48. The number of likely N-dealkylation sites (tertiary alicyclic amines) is 1. The molecule has 4 aliphatic rings. The summed E-state index contributed by atoms with van der Waals surface area (Å²) in [5, 5.41) is 17.0. The molecule has 2 amide bonds. The first-order valence-electron chi connectivity index (χ1n) is 11.9. The smallest absolute Gasteiger partial charge is 0.329 e. The molecule has 3 aliphatic heterocycles. The van der Waals surface area contributed by atoms with Crippen LogP contribution in [-0.4, -0.2) is 58.5 Å². The molecule has 9 heteroatoms. The number of amides is 2. The monoisotopic (exact) mass is 528 g/mol. The third kappa shape index (κ3) is 3.79. The molecule has 5 rings (SSSR count). The Kier molecular flexibility index (Phi) is 6.12. The number of hydrogen-bond donors (Lipinski definition) is 4. The molecule has 5 N–H and O–H groups in total. The van der Waals surface area contributed by atoms with Gasteiger partial charge in [-0.25, -0.2) is 4.79 Å². The molecule has 0 radical (unpaired) electrons. The Morgan fingerprint density at radius 3 is 2.68 bits per heavy atom. The van der Waals surface area contributed by atoms with Crippen LogP contribution in [0.25, 0.3) is 5.57 Å². The highest BCUT2D eigenvalue weighted by Crippen LogP contribution is 2.46.